The third-order valence-electron chi connectivity index (χ3n) is 1.42. The van der Waals surface area contributed by atoms with Gasteiger partial charge in [0.05, 0.1) is 0 Å². The highest BCUT2D eigenvalue weighted by molar-refractivity contribution is 7.12. The van der Waals surface area contributed by atoms with Gasteiger partial charge in [0.2, 0.25) is 0 Å². The molecule has 0 bridgehead atoms. The van der Waals surface area contributed by atoms with Crippen LogP contribution in [-0.2, 0) is 9.53 Å². The number of carbonyl (C=O) groups excluding carboxylic acids is 1. The zero-order chi connectivity index (χ0) is 8.27. The second-order valence-corrected chi connectivity index (χ2v) is 3.56. The summed E-state index contributed by atoms with van der Waals surface area (Å²) in [7, 11) is 1.54. The van der Waals surface area contributed by atoms with Crippen molar-refractivity contribution in [1.29, 1.82) is 0 Å². The topological polar surface area (TPSA) is 26.3 Å². The summed E-state index contributed by atoms with van der Waals surface area (Å²) in [5.74, 6) is 0. The highest BCUT2D eigenvalue weighted by Crippen LogP contribution is 2.23. The smallest absolute Gasteiger partial charge is 0.154 e. The molecule has 2 nitrogen and oxygen atoms in total. The Morgan fingerprint density at radius 3 is 2.73 bits per heavy atom. The van der Waals surface area contributed by atoms with Gasteiger partial charge < -0.3 is 9.53 Å². The summed E-state index contributed by atoms with van der Waals surface area (Å²) < 4.78 is 4.94. The SMILES string of the molecule is COC(C=O)c1ccc(C)s1. The van der Waals surface area contributed by atoms with E-state index in [0.29, 0.717) is 0 Å². The van der Waals surface area contributed by atoms with E-state index in [1.54, 1.807) is 11.3 Å². The van der Waals surface area contributed by atoms with Crippen molar-refractivity contribution >= 4 is 17.6 Å². The summed E-state index contributed by atoms with van der Waals surface area (Å²) in [5, 5.41) is 0. The summed E-state index contributed by atoms with van der Waals surface area (Å²) in [4.78, 5) is 12.6. The first-order valence-electron chi connectivity index (χ1n) is 3.32. The average molecular weight is 170 g/mol. The fourth-order valence-corrected chi connectivity index (χ4v) is 1.76. The number of ether oxygens (including phenoxy) is 1. The molecule has 3 heteroatoms. The normalized spacial score (nSPS) is 12.9. The van der Waals surface area contributed by atoms with E-state index in [2.05, 4.69) is 0 Å². The third-order valence-corrected chi connectivity index (χ3v) is 2.48. The number of thiophene rings is 1. The van der Waals surface area contributed by atoms with Crippen molar-refractivity contribution in [2.24, 2.45) is 0 Å². The van der Waals surface area contributed by atoms with Crippen molar-refractivity contribution in [1.82, 2.24) is 0 Å². The minimum atomic E-state index is -0.381. The third kappa shape index (κ3) is 1.88. The Balaban J connectivity index is 2.81. The van der Waals surface area contributed by atoms with Gasteiger partial charge in [-0.3, -0.25) is 0 Å². The standard InChI is InChI=1S/C8H10O2S/c1-6-3-4-8(11-6)7(5-9)10-2/h3-5,7H,1-2H3. The molecule has 60 valence electrons. The second-order valence-electron chi connectivity index (χ2n) is 2.24. The van der Waals surface area contributed by atoms with Crippen LogP contribution in [-0.4, -0.2) is 13.4 Å². The van der Waals surface area contributed by atoms with Crippen molar-refractivity contribution in [2.45, 2.75) is 13.0 Å². The van der Waals surface area contributed by atoms with Gasteiger partial charge >= 0.3 is 0 Å². The molecule has 1 rings (SSSR count). The van der Waals surface area contributed by atoms with Crippen molar-refractivity contribution < 1.29 is 9.53 Å². The lowest BCUT2D eigenvalue weighted by Gasteiger charge is -2.03. The maximum Gasteiger partial charge on any atom is 0.154 e. The number of hydrogen-bond acceptors (Lipinski definition) is 3. The van der Waals surface area contributed by atoms with Crippen LogP contribution in [0.2, 0.25) is 0 Å². The molecule has 0 aliphatic rings. The first kappa shape index (κ1) is 8.43. The predicted molar refractivity (Wildman–Crippen MR) is 44.9 cm³/mol. The molecule has 0 aliphatic carbocycles. The average Bonchev–Trinajstić information content (AvgIpc) is 2.39. The number of rotatable bonds is 3. The van der Waals surface area contributed by atoms with Crippen LogP contribution in [0.25, 0.3) is 0 Å². The number of aryl methyl sites for hydroxylation is 1. The van der Waals surface area contributed by atoms with Crippen molar-refractivity contribution in [2.75, 3.05) is 7.11 Å². The van der Waals surface area contributed by atoms with Gasteiger partial charge in [0.15, 0.2) is 6.29 Å². The van der Waals surface area contributed by atoms with Gasteiger partial charge in [-0.1, -0.05) is 0 Å². The number of aldehydes is 1. The Bertz CT molecular complexity index is 242. The van der Waals surface area contributed by atoms with Gasteiger partial charge in [-0.15, -0.1) is 11.3 Å². The molecule has 11 heavy (non-hydrogen) atoms. The van der Waals surface area contributed by atoms with Gasteiger partial charge in [0.1, 0.15) is 6.10 Å². The van der Waals surface area contributed by atoms with Gasteiger partial charge in [-0.25, -0.2) is 0 Å². The van der Waals surface area contributed by atoms with Crippen LogP contribution in [0.3, 0.4) is 0 Å². The molecular weight excluding hydrogens is 160 g/mol. The van der Waals surface area contributed by atoms with Crippen LogP contribution in [0.5, 0.6) is 0 Å². The molecule has 0 saturated carbocycles. The quantitative estimate of drug-likeness (QED) is 0.648. The van der Waals surface area contributed by atoms with E-state index in [4.69, 9.17) is 4.74 Å². The van der Waals surface area contributed by atoms with Gasteiger partial charge in [-0.05, 0) is 19.1 Å². The second kappa shape index (κ2) is 3.64. The Kier molecular flexibility index (Phi) is 2.79. The van der Waals surface area contributed by atoms with Crippen LogP contribution in [0.15, 0.2) is 12.1 Å². The molecule has 0 aromatic carbocycles. The van der Waals surface area contributed by atoms with Crippen LogP contribution < -0.4 is 0 Å². The maximum absolute atomic E-state index is 10.4. The molecule has 1 atom stereocenters. The van der Waals surface area contributed by atoms with E-state index in [1.165, 1.54) is 12.0 Å². The summed E-state index contributed by atoms with van der Waals surface area (Å²) in [6.45, 7) is 2.01. The monoisotopic (exact) mass is 170 g/mol. The highest BCUT2D eigenvalue weighted by Gasteiger charge is 2.09. The molecule has 0 spiro atoms. The summed E-state index contributed by atoms with van der Waals surface area (Å²) in [5.41, 5.74) is 0. The predicted octanol–water partition coefficient (Wildman–Crippen LogP) is 1.94. The lowest BCUT2D eigenvalue weighted by Crippen LogP contribution is -1.98. The number of hydrogen-bond donors (Lipinski definition) is 0. The largest absolute Gasteiger partial charge is 0.368 e. The van der Waals surface area contributed by atoms with Crippen molar-refractivity contribution in [3.05, 3.63) is 21.9 Å². The summed E-state index contributed by atoms with van der Waals surface area (Å²) in [6.07, 6.45) is 0.430. The molecule has 1 aromatic heterocycles. The van der Waals surface area contributed by atoms with E-state index < -0.39 is 0 Å². The molecule has 1 heterocycles. The Morgan fingerprint density at radius 2 is 2.36 bits per heavy atom. The van der Waals surface area contributed by atoms with Crippen LogP contribution in [0.4, 0.5) is 0 Å². The highest BCUT2D eigenvalue weighted by atomic mass is 32.1. The summed E-state index contributed by atoms with van der Waals surface area (Å²) >= 11 is 1.59. The van der Waals surface area contributed by atoms with Crippen molar-refractivity contribution in [3.63, 3.8) is 0 Å². The molecule has 1 aromatic rings. The minimum Gasteiger partial charge on any atom is -0.368 e. The first-order valence-corrected chi connectivity index (χ1v) is 4.14. The van der Waals surface area contributed by atoms with Crippen LogP contribution >= 0.6 is 11.3 Å². The van der Waals surface area contributed by atoms with E-state index >= 15 is 0 Å². The van der Waals surface area contributed by atoms with Crippen molar-refractivity contribution in [3.8, 4) is 0 Å². The Labute approximate surface area is 69.8 Å². The fraction of sp³-hybridized carbons (Fsp3) is 0.375. The van der Waals surface area contributed by atoms with Gasteiger partial charge in [-0.2, -0.15) is 0 Å². The molecule has 0 radical (unpaired) electrons. The maximum atomic E-state index is 10.4. The molecule has 0 amide bonds. The van der Waals surface area contributed by atoms with Crippen LogP contribution in [0.1, 0.15) is 15.9 Å². The van der Waals surface area contributed by atoms with Gasteiger partial charge in [0.25, 0.3) is 0 Å². The van der Waals surface area contributed by atoms with Crippen LogP contribution in [0, 0.1) is 6.92 Å². The summed E-state index contributed by atoms with van der Waals surface area (Å²) in [6, 6.07) is 3.90. The fourth-order valence-electron chi connectivity index (χ4n) is 0.845. The molecule has 1 unspecified atom stereocenters. The Hall–Kier alpha value is -0.670. The van der Waals surface area contributed by atoms with E-state index in [9.17, 15) is 4.79 Å². The van der Waals surface area contributed by atoms with E-state index in [1.807, 2.05) is 19.1 Å². The zero-order valence-corrected chi connectivity index (χ0v) is 7.35. The first-order chi connectivity index (χ1) is 5.27. The molecule has 0 saturated heterocycles. The molecule has 0 fully saturated rings. The zero-order valence-electron chi connectivity index (χ0n) is 6.53. The lowest BCUT2D eigenvalue weighted by molar-refractivity contribution is -0.116. The molecule has 0 aliphatic heterocycles. The molecular formula is C8H10O2S. The van der Waals surface area contributed by atoms with E-state index in [-0.39, 0.29) is 6.10 Å². The van der Waals surface area contributed by atoms with Gasteiger partial charge in [0, 0.05) is 16.9 Å². The lowest BCUT2D eigenvalue weighted by atomic mass is 10.3. The number of carbonyl (C=O) groups is 1. The Morgan fingerprint density at radius 1 is 1.64 bits per heavy atom. The van der Waals surface area contributed by atoms with E-state index in [0.717, 1.165) is 11.2 Å². The molecule has 0 N–H and O–H groups in total. The minimum absolute atomic E-state index is 0.381. The number of methoxy groups -OCH3 is 1.